The number of carbonyl (C=O) groups excluding carboxylic acids is 1. The quantitative estimate of drug-likeness (QED) is 0.767. The number of carbonyl (C=O) groups is 1. The predicted molar refractivity (Wildman–Crippen MR) is 106 cm³/mol. The minimum absolute atomic E-state index is 0.0847. The molecule has 1 aromatic carbocycles. The molecule has 2 saturated carbocycles. The van der Waals surface area contributed by atoms with Crippen molar-refractivity contribution in [2.24, 2.45) is 0 Å². The minimum atomic E-state index is -0.748. The SMILES string of the molecule is CN[C@]1(c2ccccc2)CC[C@@]2(CC1)CN(CC#N)C(=O)N2CC1(O)CCC1. The van der Waals surface area contributed by atoms with Crippen LogP contribution in [0.2, 0.25) is 0 Å². The summed E-state index contributed by atoms with van der Waals surface area (Å²) in [6.07, 6.45) is 6.13. The van der Waals surface area contributed by atoms with E-state index in [1.807, 2.05) is 18.0 Å². The molecule has 0 atom stereocenters. The molecule has 2 amide bonds. The molecule has 6 nitrogen and oxygen atoms in total. The van der Waals surface area contributed by atoms with Crippen LogP contribution in [0.1, 0.15) is 50.5 Å². The van der Waals surface area contributed by atoms with Crippen LogP contribution in [0.25, 0.3) is 0 Å². The van der Waals surface area contributed by atoms with Gasteiger partial charge in [-0.3, -0.25) is 0 Å². The predicted octanol–water partition coefficient (Wildman–Crippen LogP) is 2.59. The van der Waals surface area contributed by atoms with Gasteiger partial charge in [-0.05, 0) is 57.6 Å². The molecule has 3 aliphatic rings. The maximum atomic E-state index is 13.1. The molecule has 28 heavy (non-hydrogen) atoms. The fourth-order valence-corrected chi connectivity index (χ4v) is 5.37. The van der Waals surface area contributed by atoms with E-state index >= 15 is 0 Å². The summed E-state index contributed by atoms with van der Waals surface area (Å²) in [6, 6.07) is 12.6. The molecular weight excluding hydrogens is 352 g/mol. The number of nitrogens with one attached hydrogen (secondary N) is 1. The molecule has 3 fully saturated rings. The van der Waals surface area contributed by atoms with Gasteiger partial charge in [0.1, 0.15) is 6.54 Å². The van der Waals surface area contributed by atoms with Gasteiger partial charge in [-0.2, -0.15) is 5.26 Å². The summed E-state index contributed by atoms with van der Waals surface area (Å²) in [6.45, 7) is 1.10. The van der Waals surface area contributed by atoms with E-state index in [0.717, 1.165) is 44.9 Å². The van der Waals surface area contributed by atoms with Crippen molar-refractivity contribution in [3.8, 4) is 6.07 Å². The van der Waals surface area contributed by atoms with Crippen molar-refractivity contribution in [2.45, 2.75) is 61.6 Å². The van der Waals surface area contributed by atoms with Crippen LogP contribution in [-0.2, 0) is 5.54 Å². The zero-order chi connectivity index (χ0) is 19.8. The molecule has 1 aliphatic heterocycles. The number of aliphatic hydroxyl groups is 1. The molecule has 2 N–H and O–H groups in total. The van der Waals surface area contributed by atoms with Gasteiger partial charge in [-0.25, -0.2) is 4.79 Å². The third-order valence-electron chi connectivity index (χ3n) is 7.40. The molecule has 2 aliphatic carbocycles. The van der Waals surface area contributed by atoms with E-state index in [4.69, 9.17) is 5.26 Å². The number of hydrogen-bond acceptors (Lipinski definition) is 4. The number of β-amino-alcohol motifs (C(OH)–C–C–N with tert-alkyl or cyclic N) is 1. The van der Waals surface area contributed by atoms with Gasteiger partial charge in [0, 0.05) is 12.1 Å². The standard InChI is InChI=1S/C22H30N4O2/c1-24-22(18-6-3-2-4-7-18)12-10-20(11-13-22)16-25(15-14-23)19(27)26(20)17-21(28)8-5-9-21/h2-4,6-7,24,28H,5,8-13,15-17H2,1H3/t20-,22-. The van der Waals surface area contributed by atoms with E-state index in [1.54, 1.807) is 4.90 Å². The summed E-state index contributed by atoms with van der Waals surface area (Å²) < 4.78 is 0. The number of amides is 2. The summed E-state index contributed by atoms with van der Waals surface area (Å²) >= 11 is 0. The lowest BCUT2D eigenvalue weighted by Crippen LogP contribution is -2.59. The molecule has 6 heteroatoms. The molecule has 4 rings (SSSR count). The maximum Gasteiger partial charge on any atom is 0.321 e. The Morgan fingerprint density at radius 3 is 2.36 bits per heavy atom. The fraction of sp³-hybridized carbons (Fsp3) is 0.636. The number of benzene rings is 1. The van der Waals surface area contributed by atoms with Crippen molar-refractivity contribution in [1.82, 2.24) is 15.1 Å². The summed E-state index contributed by atoms with van der Waals surface area (Å²) in [7, 11) is 2.02. The van der Waals surface area contributed by atoms with Gasteiger partial charge in [-0.15, -0.1) is 0 Å². The molecule has 0 aromatic heterocycles. The Hall–Kier alpha value is -2.10. The Balaban J connectivity index is 1.58. The average molecular weight is 383 g/mol. The highest BCUT2D eigenvalue weighted by Crippen LogP contribution is 2.48. The minimum Gasteiger partial charge on any atom is -0.388 e. The lowest BCUT2D eigenvalue weighted by molar-refractivity contribution is -0.0690. The first kappa shape index (κ1) is 19.2. The second-order valence-electron chi connectivity index (χ2n) is 8.88. The molecule has 150 valence electrons. The van der Waals surface area contributed by atoms with Crippen molar-refractivity contribution in [3.05, 3.63) is 35.9 Å². The van der Waals surface area contributed by atoms with Crippen LogP contribution < -0.4 is 5.32 Å². The van der Waals surface area contributed by atoms with E-state index in [0.29, 0.717) is 13.1 Å². The van der Waals surface area contributed by atoms with Gasteiger partial charge in [0.15, 0.2) is 0 Å². The lowest BCUT2D eigenvalue weighted by atomic mass is 9.68. The van der Waals surface area contributed by atoms with Gasteiger partial charge in [-0.1, -0.05) is 30.3 Å². The Morgan fingerprint density at radius 1 is 1.14 bits per heavy atom. The zero-order valence-corrected chi connectivity index (χ0v) is 16.7. The Labute approximate surface area is 167 Å². The van der Waals surface area contributed by atoms with Crippen molar-refractivity contribution in [2.75, 3.05) is 26.7 Å². The van der Waals surface area contributed by atoms with Gasteiger partial charge in [0.2, 0.25) is 0 Å². The monoisotopic (exact) mass is 382 g/mol. The average Bonchev–Trinajstić information content (AvgIpc) is 2.94. The van der Waals surface area contributed by atoms with Gasteiger partial charge in [0.25, 0.3) is 0 Å². The van der Waals surface area contributed by atoms with E-state index in [1.165, 1.54) is 5.56 Å². The number of hydrogen-bond donors (Lipinski definition) is 2. The second kappa shape index (κ2) is 7.06. The summed E-state index contributed by atoms with van der Waals surface area (Å²) in [5.74, 6) is 0. The van der Waals surface area contributed by atoms with E-state index < -0.39 is 5.60 Å². The van der Waals surface area contributed by atoms with Crippen molar-refractivity contribution < 1.29 is 9.90 Å². The fourth-order valence-electron chi connectivity index (χ4n) is 5.37. The Bertz CT molecular complexity index is 760. The highest BCUT2D eigenvalue weighted by molar-refractivity contribution is 5.78. The van der Waals surface area contributed by atoms with Crippen LogP contribution in [0.15, 0.2) is 30.3 Å². The van der Waals surface area contributed by atoms with Crippen LogP contribution in [0.5, 0.6) is 0 Å². The summed E-state index contributed by atoms with van der Waals surface area (Å²) in [5, 5.41) is 23.5. The number of urea groups is 1. The number of nitriles is 1. The molecule has 0 unspecified atom stereocenters. The van der Waals surface area contributed by atoms with E-state index in [2.05, 4.69) is 35.7 Å². The highest BCUT2D eigenvalue weighted by atomic mass is 16.3. The van der Waals surface area contributed by atoms with Crippen LogP contribution in [0.3, 0.4) is 0 Å². The third kappa shape index (κ3) is 3.07. The third-order valence-corrected chi connectivity index (χ3v) is 7.40. The maximum absolute atomic E-state index is 13.1. The zero-order valence-electron chi connectivity index (χ0n) is 16.7. The summed E-state index contributed by atoms with van der Waals surface area (Å²) in [4.78, 5) is 16.6. The molecule has 1 saturated heterocycles. The Morgan fingerprint density at radius 2 is 1.82 bits per heavy atom. The first-order chi connectivity index (χ1) is 13.5. The molecule has 1 spiro atoms. The van der Waals surface area contributed by atoms with Crippen LogP contribution >= 0.6 is 0 Å². The highest BCUT2D eigenvalue weighted by Gasteiger charge is 2.55. The topological polar surface area (TPSA) is 79.6 Å². The first-order valence-corrected chi connectivity index (χ1v) is 10.4. The number of rotatable bonds is 5. The van der Waals surface area contributed by atoms with Crippen molar-refractivity contribution >= 4 is 6.03 Å². The van der Waals surface area contributed by atoms with E-state index in [9.17, 15) is 9.90 Å². The molecule has 1 heterocycles. The largest absolute Gasteiger partial charge is 0.388 e. The van der Waals surface area contributed by atoms with E-state index in [-0.39, 0.29) is 23.7 Å². The normalized spacial score (nSPS) is 31.7. The Kier molecular flexibility index (Phi) is 4.84. The second-order valence-corrected chi connectivity index (χ2v) is 8.88. The molecule has 0 bridgehead atoms. The molecule has 1 aromatic rings. The van der Waals surface area contributed by atoms with Crippen LogP contribution in [-0.4, -0.2) is 58.8 Å². The molecule has 0 radical (unpaired) electrons. The van der Waals surface area contributed by atoms with Crippen LogP contribution in [0.4, 0.5) is 4.79 Å². The number of nitrogens with zero attached hydrogens (tertiary/aromatic N) is 3. The smallest absolute Gasteiger partial charge is 0.321 e. The van der Waals surface area contributed by atoms with Gasteiger partial charge < -0.3 is 20.2 Å². The van der Waals surface area contributed by atoms with Gasteiger partial charge >= 0.3 is 6.03 Å². The van der Waals surface area contributed by atoms with Crippen molar-refractivity contribution in [1.29, 1.82) is 5.26 Å². The van der Waals surface area contributed by atoms with Crippen molar-refractivity contribution in [3.63, 3.8) is 0 Å². The first-order valence-electron chi connectivity index (χ1n) is 10.4. The summed E-state index contributed by atoms with van der Waals surface area (Å²) in [5.41, 5.74) is 0.170. The molecular formula is C22H30N4O2. The van der Waals surface area contributed by atoms with Crippen LogP contribution in [0, 0.1) is 11.3 Å². The van der Waals surface area contributed by atoms with Gasteiger partial charge in [0.05, 0.1) is 23.8 Å². The lowest BCUT2D eigenvalue weighted by Gasteiger charge is -2.50.